The SMILES string of the molecule is COC(=O)CNC(=O)c1cccc(N2C(=O)CCS2(=O)=O)c1. The largest absolute Gasteiger partial charge is 0.468 e. The first kappa shape index (κ1) is 16.0. The monoisotopic (exact) mass is 326 g/mol. The van der Waals surface area contributed by atoms with Crippen LogP contribution in [0.2, 0.25) is 0 Å². The lowest BCUT2D eigenvalue weighted by Gasteiger charge is -2.15. The van der Waals surface area contributed by atoms with Gasteiger partial charge in [0.1, 0.15) is 6.54 Å². The van der Waals surface area contributed by atoms with E-state index in [1.54, 1.807) is 0 Å². The van der Waals surface area contributed by atoms with Gasteiger partial charge in [0, 0.05) is 12.0 Å². The lowest BCUT2D eigenvalue weighted by Crippen LogP contribution is -2.31. The Morgan fingerprint density at radius 2 is 2.09 bits per heavy atom. The summed E-state index contributed by atoms with van der Waals surface area (Å²) in [6.07, 6.45) is -0.0822. The van der Waals surface area contributed by atoms with Crippen molar-refractivity contribution in [3.05, 3.63) is 29.8 Å². The first-order chi connectivity index (χ1) is 10.3. The first-order valence-corrected chi connectivity index (χ1v) is 7.97. The molecule has 1 aliphatic heterocycles. The summed E-state index contributed by atoms with van der Waals surface area (Å²) >= 11 is 0. The van der Waals surface area contributed by atoms with E-state index in [0.29, 0.717) is 4.31 Å². The first-order valence-electron chi connectivity index (χ1n) is 6.36. The van der Waals surface area contributed by atoms with Crippen LogP contribution in [-0.4, -0.2) is 45.6 Å². The highest BCUT2D eigenvalue weighted by molar-refractivity contribution is 7.94. The molecule has 1 heterocycles. The van der Waals surface area contributed by atoms with Crippen LogP contribution in [0.25, 0.3) is 0 Å². The average molecular weight is 326 g/mol. The summed E-state index contributed by atoms with van der Waals surface area (Å²) in [7, 11) is -2.49. The van der Waals surface area contributed by atoms with Crippen molar-refractivity contribution < 1.29 is 27.5 Å². The smallest absolute Gasteiger partial charge is 0.325 e. The Balaban J connectivity index is 2.22. The van der Waals surface area contributed by atoms with E-state index in [-0.39, 0.29) is 30.0 Å². The number of nitrogens with one attached hydrogen (secondary N) is 1. The summed E-state index contributed by atoms with van der Waals surface area (Å²) in [6, 6.07) is 5.62. The van der Waals surface area contributed by atoms with Gasteiger partial charge in [0.2, 0.25) is 15.9 Å². The molecular formula is C13H14N2O6S. The summed E-state index contributed by atoms with van der Waals surface area (Å²) in [5, 5.41) is 2.33. The number of anilines is 1. The van der Waals surface area contributed by atoms with Gasteiger partial charge in [-0.1, -0.05) is 6.07 Å². The summed E-state index contributed by atoms with van der Waals surface area (Å²) in [4.78, 5) is 34.6. The van der Waals surface area contributed by atoms with Gasteiger partial charge < -0.3 is 10.1 Å². The van der Waals surface area contributed by atoms with Crippen LogP contribution in [0, 0.1) is 0 Å². The molecule has 22 heavy (non-hydrogen) atoms. The van der Waals surface area contributed by atoms with Gasteiger partial charge >= 0.3 is 5.97 Å². The van der Waals surface area contributed by atoms with Crippen molar-refractivity contribution in [3.63, 3.8) is 0 Å². The van der Waals surface area contributed by atoms with Gasteiger partial charge in [0.05, 0.1) is 18.6 Å². The minimum atomic E-state index is -3.68. The fourth-order valence-electron chi connectivity index (χ4n) is 1.97. The maximum absolute atomic E-state index is 11.9. The van der Waals surface area contributed by atoms with Crippen molar-refractivity contribution in [2.24, 2.45) is 0 Å². The molecule has 8 nitrogen and oxygen atoms in total. The van der Waals surface area contributed by atoms with Crippen molar-refractivity contribution in [3.8, 4) is 0 Å². The lowest BCUT2D eigenvalue weighted by atomic mass is 10.2. The van der Waals surface area contributed by atoms with E-state index in [4.69, 9.17) is 0 Å². The van der Waals surface area contributed by atoms with Crippen LogP contribution in [0.3, 0.4) is 0 Å². The highest BCUT2D eigenvalue weighted by Crippen LogP contribution is 2.25. The quantitative estimate of drug-likeness (QED) is 0.758. The Morgan fingerprint density at radius 3 is 2.68 bits per heavy atom. The van der Waals surface area contributed by atoms with Gasteiger partial charge in [-0.3, -0.25) is 14.4 Å². The van der Waals surface area contributed by atoms with Gasteiger partial charge in [-0.05, 0) is 18.2 Å². The fourth-order valence-corrected chi connectivity index (χ4v) is 3.42. The standard InChI is InChI=1S/C13H14N2O6S/c1-21-12(17)8-14-13(18)9-3-2-4-10(7-9)15-11(16)5-6-22(15,19)20/h2-4,7H,5-6,8H2,1H3,(H,14,18). The second-order valence-electron chi connectivity index (χ2n) is 4.53. The Labute approximate surface area is 127 Å². The summed E-state index contributed by atoms with van der Waals surface area (Å²) in [6.45, 7) is -0.305. The number of ether oxygens (including phenoxy) is 1. The minimum Gasteiger partial charge on any atom is -0.468 e. The average Bonchev–Trinajstić information content (AvgIpc) is 2.77. The zero-order valence-electron chi connectivity index (χ0n) is 11.7. The zero-order chi connectivity index (χ0) is 16.3. The van der Waals surface area contributed by atoms with Crippen LogP contribution in [0.15, 0.2) is 24.3 Å². The third kappa shape index (κ3) is 3.25. The number of carbonyl (C=O) groups is 3. The predicted octanol–water partition coefficient (Wildman–Crippen LogP) is -0.344. The van der Waals surface area contributed by atoms with E-state index in [9.17, 15) is 22.8 Å². The topological polar surface area (TPSA) is 110 Å². The predicted molar refractivity (Wildman–Crippen MR) is 76.7 cm³/mol. The molecule has 0 radical (unpaired) electrons. The maximum Gasteiger partial charge on any atom is 0.325 e. The molecule has 2 amide bonds. The summed E-state index contributed by atoms with van der Waals surface area (Å²) in [5.74, 6) is -1.96. The van der Waals surface area contributed by atoms with E-state index in [2.05, 4.69) is 10.1 Å². The van der Waals surface area contributed by atoms with E-state index >= 15 is 0 Å². The Hall–Kier alpha value is -2.42. The number of rotatable bonds is 4. The molecule has 0 spiro atoms. The van der Waals surface area contributed by atoms with Crippen molar-refractivity contribution in [1.82, 2.24) is 5.32 Å². The lowest BCUT2D eigenvalue weighted by molar-refractivity contribution is -0.139. The highest BCUT2D eigenvalue weighted by Gasteiger charge is 2.36. The van der Waals surface area contributed by atoms with Crippen LogP contribution in [0.1, 0.15) is 16.8 Å². The van der Waals surface area contributed by atoms with Crippen LogP contribution in [-0.2, 0) is 24.3 Å². The number of methoxy groups -OCH3 is 1. The Bertz CT molecular complexity index is 728. The number of sulfonamides is 1. The minimum absolute atomic E-state index is 0.0822. The van der Waals surface area contributed by atoms with Gasteiger partial charge in [-0.25, -0.2) is 12.7 Å². The third-order valence-corrected chi connectivity index (χ3v) is 4.73. The number of carbonyl (C=O) groups excluding carboxylic acids is 3. The third-order valence-electron chi connectivity index (χ3n) is 3.04. The summed E-state index contributed by atoms with van der Waals surface area (Å²) < 4.78 is 28.8. The highest BCUT2D eigenvalue weighted by atomic mass is 32.2. The normalized spacial score (nSPS) is 16.4. The number of esters is 1. The van der Waals surface area contributed by atoms with Crippen molar-refractivity contribution in [2.45, 2.75) is 6.42 Å². The van der Waals surface area contributed by atoms with Crippen LogP contribution in [0.4, 0.5) is 5.69 Å². The molecule has 1 aliphatic rings. The Kier molecular flexibility index (Phi) is 4.45. The van der Waals surface area contributed by atoms with Crippen molar-refractivity contribution >= 4 is 33.5 Å². The van der Waals surface area contributed by atoms with E-state index in [1.807, 2.05) is 0 Å². The Morgan fingerprint density at radius 1 is 1.36 bits per heavy atom. The molecule has 0 saturated carbocycles. The van der Waals surface area contributed by atoms with Gasteiger partial charge in [-0.2, -0.15) is 0 Å². The second kappa shape index (κ2) is 6.14. The maximum atomic E-state index is 11.9. The molecule has 118 valence electrons. The molecule has 1 saturated heterocycles. The molecule has 1 fully saturated rings. The number of nitrogens with zero attached hydrogens (tertiary/aromatic N) is 1. The molecule has 1 aromatic rings. The van der Waals surface area contributed by atoms with Gasteiger partial charge in [-0.15, -0.1) is 0 Å². The van der Waals surface area contributed by atoms with Crippen molar-refractivity contribution in [2.75, 3.05) is 23.7 Å². The van der Waals surface area contributed by atoms with Crippen LogP contribution >= 0.6 is 0 Å². The fraction of sp³-hybridized carbons (Fsp3) is 0.308. The zero-order valence-corrected chi connectivity index (χ0v) is 12.6. The van der Waals surface area contributed by atoms with Gasteiger partial charge in [0.25, 0.3) is 5.91 Å². The van der Waals surface area contributed by atoms with E-state index in [1.165, 1.54) is 31.4 Å². The number of hydrogen-bond acceptors (Lipinski definition) is 6. The van der Waals surface area contributed by atoms with Crippen molar-refractivity contribution in [1.29, 1.82) is 0 Å². The number of benzene rings is 1. The molecule has 0 aliphatic carbocycles. The molecule has 0 unspecified atom stereocenters. The molecule has 0 aromatic heterocycles. The number of hydrogen-bond donors (Lipinski definition) is 1. The molecular weight excluding hydrogens is 312 g/mol. The van der Waals surface area contributed by atoms with Crippen LogP contribution in [0.5, 0.6) is 0 Å². The summed E-state index contributed by atoms with van der Waals surface area (Å²) in [5.41, 5.74) is 0.240. The van der Waals surface area contributed by atoms with Crippen LogP contribution < -0.4 is 9.62 Å². The van der Waals surface area contributed by atoms with E-state index in [0.717, 1.165) is 0 Å². The molecule has 0 atom stereocenters. The molecule has 2 rings (SSSR count). The molecule has 9 heteroatoms. The number of amides is 2. The van der Waals surface area contributed by atoms with Gasteiger partial charge in [0.15, 0.2) is 0 Å². The second-order valence-corrected chi connectivity index (χ2v) is 6.47. The van der Waals surface area contributed by atoms with E-state index < -0.39 is 27.8 Å². The molecule has 1 aromatic carbocycles. The molecule has 0 bridgehead atoms. The molecule has 1 N–H and O–H groups in total.